The van der Waals surface area contributed by atoms with Gasteiger partial charge >= 0.3 is 18.4 Å². The molecule has 1 N–H and O–H groups in total. The summed E-state index contributed by atoms with van der Waals surface area (Å²) in [5.41, 5.74) is 0.205. The summed E-state index contributed by atoms with van der Waals surface area (Å²) in [6.45, 7) is 0.896. The average Bonchev–Trinajstić information content (AvgIpc) is 3.13. The van der Waals surface area contributed by atoms with Crippen molar-refractivity contribution < 1.29 is 40.7 Å². The second-order valence-electron chi connectivity index (χ2n) is 9.37. The van der Waals surface area contributed by atoms with Crippen LogP contribution in [-0.4, -0.2) is 59.8 Å². The lowest BCUT2D eigenvalue weighted by Crippen LogP contribution is -2.46. The second kappa shape index (κ2) is 10.2. The Balaban J connectivity index is 1.27. The van der Waals surface area contributed by atoms with Gasteiger partial charge in [0.1, 0.15) is 12.1 Å². The Kier molecular flexibility index (Phi) is 7.40. The minimum Gasteiger partial charge on any atom is -0.441 e. The number of hydrogen-bond acceptors (Lipinski definition) is 4. The number of carbonyl (C=O) groups excluding carboxylic acids is 2. The van der Waals surface area contributed by atoms with Crippen LogP contribution < -0.4 is 5.32 Å². The SMILES string of the molecule is O=C(NCC(F)(F)F)c1ccc(CN2CC3(CCN(Cc4ccc(C(F)(F)F)cc4)CC3)OC2=O)cc1. The number of amides is 2. The minimum atomic E-state index is -4.50. The topological polar surface area (TPSA) is 61.9 Å². The number of ether oxygens (including phenoxy) is 1. The first kappa shape index (κ1) is 26.8. The summed E-state index contributed by atoms with van der Waals surface area (Å²) in [4.78, 5) is 28.0. The van der Waals surface area contributed by atoms with Gasteiger partial charge in [0.15, 0.2) is 0 Å². The van der Waals surface area contributed by atoms with E-state index < -0.39 is 42.1 Å². The van der Waals surface area contributed by atoms with E-state index in [0.717, 1.165) is 17.7 Å². The molecule has 0 saturated carbocycles. The molecule has 1 spiro atoms. The molecule has 2 fully saturated rings. The minimum absolute atomic E-state index is 0.0777. The summed E-state index contributed by atoms with van der Waals surface area (Å²) >= 11 is 0. The molecule has 2 saturated heterocycles. The van der Waals surface area contributed by atoms with Crippen molar-refractivity contribution in [1.82, 2.24) is 15.1 Å². The summed E-state index contributed by atoms with van der Waals surface area (Å²) in [5.74, 6) is -0.841. The lowest BCUT2D eigenvalue weighted by atomic mass is 9.91. The van der Waals surface area contributed by atoms with E-state index in [9.17, 15) is 35.9 Å². The molecule has 0 aromatic heterocycles. The maximum atomic E-state index is 12.8. The largest absolute Gasteiger partial charge is 0.441 e. The molecule has 0 atom stereocenters. The molecule has 0 radical (unpaired) electrons. The van der Waals surface area contributed by atoms with Crippen molar-refractivity contribution in [2.45, 2.75) is 43.9 Å². The van der Waals surface area contributed by atoms with Gasteiger partial charge in [0.25, 0.3) is 5.91 Å². The quantitative estimate of drug-likeness (QED) is 0.536. The zero-order valence-electron chi connectivity index (χ0n) is 19.7. The predicted octanol–water partition coefficient (Wildman–Crippen LogP) is 4.98. The third-order valence-electron chi connectivity index (χ3n) is 6.53. The molecule has 2 aromatic rings. The molecule has 0 aliphatic carbocycles. The molecule has 2 aliphatic heterocycles. The van der Waals surface area contributed by atoms with E-state index in [4.69, 9.17) is 4.74 Å². The lowest BCUT2D eigenvalue weighted by Gasteiger charge is -2.37. The Morgan fingerprint density at radius 3 is 2.03 bits per heavy atom. The number of benzene rings is 2. The maximum Gasteiger partial charge on any atom is 0.416 e. The molecule has 200 valence electrons. The smallest absolute Gasteiger partial charge is 0.416 e. The summed E-state index contributed by atoms with van der Waals surface area (Å²) in [5, 5.41) is 1.81. The van der Waals surface area contributed by atoms with Crippen molar-refractivity contribution in [3.63, 3.8) is 0 Å². The number of nitrogens with one attached hydrogen (secondary N) is 1. The highest BCUT2D eigenvalue weighted by Crippen LogP contribution is 2.35. The van der Waals surface area contributed by atoms with Gasteiger partial charge in [-0.25, -0.2) is 4.79 Å². The van der Waals surface area contributed by atoms with E-state index in [1.165, 1.54) is 24.3 Å². The van der Waals surface area contributed by atoms with Gasteiger partial charge in [0.05, 0.1) is 12.1 Å². The van der Waals surface area contributed by atoms with Crippen LogP contribution in [0.25, 0.3) is 0 Å². The highest BCUT2D eigenvalue weighted by Gasteiger charge is 2.46. The second-order valence-corrected chi connectivity index (χ2v) is 9.37. The number of carbonyl (C=O) groups is 2. The zero-order valence-corrected chi connectivity index (χ0v) is 19.7. The van der Waals surface area contributed by atoms with Gasteiger partial charge in [-0.05, 0) is 35.4 Å². The van der Waals surface area contributed by atoms with Crippen LogP contribution in [-0.2, 0) is 24.0 Å². The Morgan fingerprint density at radius 1 is 0.892 bits per heavy atom. The third kappa shape index (κ3) is 6.94. The number of alkyl halides is 6. The van der Waals surface area contributed by atoms with Gasteiger partial charge in [-0.1, -0.05) is 24.3 Å². The van der Waals surface area contributed by atoms with Gasteiger partial charge in [0, 0.05) is 44.6 Å². The molecule has 37 heavy (non-hydrogen) atoms. The molecule has 12 heteroatoms. The van der Waals surface area contributed by atoms with Crippen LogP contribution in [0.1, 0.15) is 39.9 Å². The lowest BCUT2D eigenvalue weighted by molar-refractivity contribution is -0.137. The fraction of sp³-hybridized carbons (Fsp3) is 0.440. The normalized spacial score (nSPS) is 18.2. The molecule has 2 heterocycles. The fourth-order valence-electron chi connectivity index (χ4n) is 4.52. The van der Waals surface area contributed by atoms with Crippen LogP contribution in [0.15, 0.2) is 48.5 Å². The van der Waals surface area contributed by atoms with Crippen molar-refractivity contribution in [2.75, 3.05) is 26.2 Å². The van der Waals surface area contributed by atoms with Crippen LogP contribution >= 0.6 is 0 Å². The molecular weight excluding hydrogens is 504 g/mol. The van der Waals surface area contributed by atoms with Crippen LogP contribution in [0.3, 0.4) is 0 Å². The van der Waals surface area contributed by atoms with Crippen LogP contribution in [0.5, 0.6) is 0 Å². The first-order chi connectivity index (χ1) is 17.3. The molecule has 0 bridgehead atoms. The predicted molar refractivity (Wildman–Crippen MR) is 120 cm³/mol. The molecule has 0 unspecified atom stereocenters. The van der Waals surface area contributed by atoms with Crippen LogP contribution in [0.4, 0.5) is 31.1 Å². The van der Waals surface area contributed by atoms with Gasteiger partial charge in [0.2, 0.25) is 0 Å². The Morgan fingerprint density at radius 2 is 1.46 bits per heavy atom. The number of likely N-dealkylation sites (tertiary alicyclic amines) is 1. The molecular formula is C25H25F6N3O3. The third-order valence-corrected chi connectivity index (χ3v) is 6.53. The van der Waals surface area contributed by atoms with Gasteiger partial charge in [-0.15, -0.1) is 0 Å². The monoisotopic (exact) mass is 529 g/mol. The highest BCUT2D eigenvalue weighted by atomic mass is 19.4. The van der Waals surface area contributed by atoms with E-state index >= 15 is 0 Å². The van der Waals surface area contributed by atoms with Crippen molar-refractivity contribution in [2.24, 2.45) is 0 Å². The summed E-state index contributed by atoms with van der Waals surface area (Å²) < 4.78 is 80.8. The number of halogens is 6. The Hall–Kier alpha value is -3.28. The van der Waals surface area contributed by atoms with Crippen molar-refractivity contribution in [3.05, 3.63) is 70.8 Å². The molecule has 2 aromatic carbocycles. The number of nitrogens with zero attached hydrogens (tertiary/aromatic N) is 2. The first-order valence-electron chi connectivity index (χ1n) is 11.6. The Labute approximate surface area is 209 Å². The first-order valence-corrected chi connectivity index (χ1v) is 11.6. The highest BCUT2D eigenvalue weighted by molar-refractivity contribution is 5.94. The van der Waals surface area contributed by atoms with E-state index in [-0.39, 0.29) is 12.1 Å². The molecule has 2 aliphatic rings. The summed E-state index contributed by atoms with van der Waals surface area (Å²) in [6.07, 6.45) is -8.19. The van der Waals surface area contributed by atoms with Crippen molar-refractivity contribution in [3.8, 4) is 0 Å². The van der Waals surface area contributed by atoms with Crippen molar-refractivity contribution >= 4 is 12.0 Å². The maximum absolute atomic E-state index is 12.8. The van der Waals surface area contributed by atoms with E-state index in [1.807, 2.05) is 0 Å². The number of rotatable bonds is 6. The van der Waals surface area contributed by atoms with E-state index in [0.29, 0.717) is 44.6 Å². The van der Waals surface area contributed by atoms with Gasteiger partial charge < -0.3 is 10.1 Å². The van der Waals surface area contributed by atoms with E-state index in [2.05, 4.69) is 4.90 Å². The van der Waals surface area contributed by atoms with Gasteiger partial charge in [-0.3, -0.25) is 14.6 Å². The molecule has 2 amide bonds. The van der Waals surface area contributed by atoms with Crippen molar-refractivity contribution in [1.29, 1.82) is 0 Å². The number of hydrogen-bond donors (Lipinski definition) is 1. The van der Waals surface area contributed by atoms with Crippen LogP contribution in [0.2, 0.25) is 0 Å². The van der Waals surface area contributed by atoms with Gasteiger partial charge in [-0.2, -0.15) is 26.3 Å². The molecule has 4 rings (SSSR count). The van der Waals surface area contributed by atoms with Crippen LogP contribution in [0, 0.1) is 0 Å². The molecule has 6 nitrogen and oxygen atoms in total. The zero-order chi connectivity index (χ0) is 26.8. The average molecular weight is 529 g/mol. The van der Waals surface area contributed by atoms with E-state index in [1.54, 1.807) is 22.3 Å². The standard InChI is InChI=1S/C25H25F6N3O3/c26-24(27,28)15-32-21(35)19-5-1-18(2-6-19)14-34-16-23(37-22(34)36)9-11-33(12-10-23)13-17-3-7-20(8-4-17)25(29,30)31/h1-8H,9-16H2,(H,32,35). The summed E-state index contributed by atoms with van der Waals surface area (Å²) in [6, 6.07) is 11.0. The number of piperidine rings is 1. The summed E-state index contributed by atoms with van der Waals surface area (Å²) in [7, 11) is 0. The Bertz CT molecular complexity index is 1110. The fourth-order valence-corrected chi connectivity index (χ4v) is 4.52.